The van der Waals surface area contributed by atoms with Crippen molar-refractivity contribution in [2.75, 3.05) is 6.61 Å². The predicted octanol–water partition coefficient (Wildman–Crippen LogP) is 4.86. The molecule has 2 heteroatoms. The van der Waals surface area contributed by atoms with Crippen molar-refractivity contribution in [3.8, 4) is 12.3 Å². The van der Waals surface area contributed by atoms with Crippen LogP contribution in [0, 0.1) is 12.3 Å². The van der Waals surface area contributed by atoms with Crippen LogP contribution in [-0.4, -0.2) is 12.6 Å². The van der Waals surface area contributed by atoms with Crippen molar-refractivity contribution in [2.24, 2.45) is 0 Å². The van der Waals surface area contributed by atoms with Gasteiger partial charge in [-0.05, 0) is 19.3 Å². The number of esters is 1. The van der Waals surface area contributed by atoms with E-state index in [1.165, 1.54) is 32.1 Å². The maximum absolute atomic E-state index is 11.4. The van der Waals surface area contributed by atoms with Gasteiger partial charge in [-0.1, -0.05) is 51.9 Å². The van der Waals surface area contributed by atoms with E-state index in [1.54, 1.807) is 0 Å². The third-order valence-corrected chi connectivity index (χ3v) is 3.21. The lowest BCUT2D eigenvalue weighted by Gasteiger charge is -2.04. The molecule has 0 N–H and O–H groups in total. The van der Waals surface area contributed by atoms with Crippen molar-refractivity contribution < 1.29 is 9.53 Å². The van der Waals surface area contributed by atoms with Crippen LogP contribution in [0.25, 0.3) is 0 Å². The van der Waals surface area contributed by atoms with Crippen molar-refractivity contribution in [1.29, 1.82) is 0 Å². The zero-order valence-electron chi connectivity index (χ0n) is 12.6. The van der Waals surface area contributed by atoms with E-state index >= 15 is 0 Å². The SMILES string of the molecule is C#CCCCCCCCOC(=O)CCCCCCC. The molecule has 0 aromatic rings. The van der Waals surface area contributed by atoms with Gasteiger partial charge in [-0.3, -0.25) is 4.79 Å². The van der Waals surface area contributed by atoms with Crippen molar-refractivity contribution in [3.05, 3.63) is 0 Å². The summed E-state index contributed by atoms with van der Waals surface area (Å²) in [5.41, 5.74) is 0. The maximum Gasteiger partial charge on any atom is 0.305 e. The summed E-state index contributed by atoms with van der Waals surface area (Å²) in [7, 11) is 0. The van der Waals surface area contributed by atoms with Gasteiger partial charge in [-0.15, -0.1) is 12.3 Å². The van der Waals surface area contributed by atoms with E-state index in [2.05, 4.69) is 12.8 Å². The second-order valence-corrected chi connectivity index (χ2v) is 5.11. The monoisotopic (exact) mass is 266 g/mol. The molecule has 0 spiro atoms. The molecule has 110 valence electrons. The molecule has 0 unspecified atom stereocenters. The third-order valence-electron chi connectivity index (χ3n) is 3.21. The number of carbonyl (C=O) groups is 1. The van der Waals surface area contributed by atoms with Crippen molar-refractivity contribution in [3.63, 3.8) is 0 Å². The summed E-state index contributed by atoms with van der Waals surface area (Å²) in [4.78, 5) is 11.4. The Hall–Kier alpha value is -0.970. The van der Waals surface area contributed by atoms with E-state index in [9.17, 15) is 4.79 Å². The first-order chi connectivity index (χ1) is 9.31. The highest BCUT2D eigenvalue weighted by atomic mass is 16.5. The highest BCUT2D eigenvalue weighted by Crippen LogP contribution is 2.07. The molecule has 0 atom stereocenters. The Balaban J connectivity index is 3.14. The summed E-state index contributed by atoms with van der Waals surface area (Å²) in [5.74, 6) is 2.62. The second-order valence-electron chi connectivity index (χ2n) is 5.11. The van der Waals surface area contributed by atoms with Gasteiger partial charge >= 0.3 is 5.97 Å². The van der Waals surface area contributed by atoms with Gasteiger partial charge in [0.25, 0.3) is 0 Å². The average molecular weight is 266 g/mol. The van der Waals surface area contributed by atoms with Crippen molar-refractivity contribution in [2.45, 2.75) is 84.0 Å². The molecule has 0 heterocycles. The van der Waals surface area contributed by atoms with E-state index in [4.69, 9.17) is 11.2 Å². The molecular weight excluding hydrogens is 236 g/mol. The Morgan fingerprint density at radius 2 is 1.58 bits per heavy atom. The first kappa shape index (κ1) is 18.0. The summed E-state index contributed by atoms with van der Waals surface area (Å²) in [5, 5.41) is 0. The molecule has 0 rings (SSSR count). The largest absolute Gasteiger partial charge is 0.466 e. The van der Waals surface area contributed by atoms with Gasteiger partial charge in [0, 0.05) is 12.8 Å². The first-order valence-corrected chi connectivity index (χ1v) is 7.90. The van der Waals surface area contributed by atoms with Gasteiger partial charge in [0.1, 0.15) is 0 Å². The molecule has 0 radical (unpaired) electrons. The maximum atomic E-state index is 11.4. The molecule has 0 aromatic heterocycles. The van der Waals surface area contributed by atoms with Crippen LogP contribution < -0.4 is 0 Å². The number of hydrogen-bond acceptors (Lipinski definition) is 2. The fourth-order valence-corrected chi connectivity index (χ4v) is 1.99. The smallest absolute Gasteiger partial charge is 0.305 e. The molecule has 0 saturated carbocycles. The quantitative estimate of drug-likeness (QED) is 0.270. The van der Waals surface area contributed by atoms with Crippen LogP contribution >= 0.6 is 0 Å². The summed E-state index contributed by atoms with van der Waals surface area (Å²) < 4.78 is 5.20. The van der Waals surface area contributed by atoms with Crippen LogP contribution in [0.5, 0.6) is 0 Å². The van der Waals surface area contributed by atoms with E-state index < -0.39 is 0 Å². The molecule has 0 bridgehead atoms. The van der Waals surface area contributed by atoms with Crippen LogP contribution in [0.4, 0.5) is 0 Å². The van der Waals surface area contributed by atoms with Gasteiger partial charge in [0.05, 0.1) is 6.61 Å². The Morgan fingerprint density at radius 3 is 2.32 bits per heavy atom. The molecule has 19 heavy (non-hydrogen) atoms. The molecule has 0 saturated heterocycles. The number of rotatable bonds is 13. The molecule has 0 aliphatic rings. The first-order valence-electron chi connectivity index (χ1n) is 7.90. The van der Waals surface area contributed by atoms with Crippen LogP contribution in [0.15, 0.2) is 0 Å². The van der Waals surface area contributed by atoms with Crippen LogP contribution in [-0.2, 0) is 9.53 Å². The molecule has 0 aliphatic heterocycles. The van der Waals surface area contributed by atoms with Gasteiger partial charge < -0.3 is 4.74 Å². The molecule has 0 amide bonds. The number of hydrogen-bond donors (Lipinski definition) is 0. The van der Waals surface area contributed by atoms with Crippen LogP contribution in [0.1, 0.15) is 84.0 Å². The van der Waals surface area contributed by atoms with Crippen molar-refractivity contribution >= 4 is 5.97 Å². The number of unbranched alkanes of at least 4 members (excludes halogenated alkanes) is 9. The number of terminal acetylenes is 1. The van der Waals surface area contributed by atoms with Gasteiger partial charge in [0.15, 0.2) is 0 Å². The average Bonchev–Trinajstić information content (AvgIpc) is 2.41. The Kier molecular flexibility index (Phi) is 14.3. The highest BCUT2D eigenvalue weighted by molar-refractivity contribution is 5.69. The lowest BCUT2D eigenvalue weighted by Crippen LogP contribution is -2.05. The summed E-state index contributed by atoms with van der Waals surface area (Å²) in [6.45, 7) is 2.78. The lowest BCUT2D eigenvalue weighted by molar-refractivity contribution is -0.143. The Labute approximate surface area is 119 Å². The van der Waals surface area contributed by atoms with Gasteiger partial charge in [-0.2, -0.15) is 0 Å². The second kappa shape index (κ2) is 15.1. The number of carbonyl (C=O) groups excluding carboxylic acids is 1. The Bertz CT molecular complexity index is 240. The summed E-state index contributed by atoms with van der Waals surface area (Å²) in [6, 6.07) is 0. The normalized spacial score (nSPS) is 10.1. The van der Waals surface area contributed by atoms with Crippen LogP contribution in [0.3, 0.4) is 0 Å². The number of ether oxygens (including phenoxy) is 1. The van der Waals surface area contributed by atoms with E-state index in [0.717, 1.165) is 38.5 Å². The minimum Gasteiger partial charge on any atom is -0.466 e. The molecule has 2 nitrogen and oxygen atoms in total. The molecule has 0 aliphatic carbocycles. The fraction of sp³-hybridized carbons (Fsp3) is 0.824. The van der Waals surface area contributed by atoms with Crippen LogP contribution in [0.2, 0.25) is 0 Å². The zero-order chi connectivity index (χ0) is 14.2. The standard InChI is InChI=1S/C17H30O2/c1-3-5-7-9-10-12-14-16-19-17(18)15-13-11-8-6-4-2/h1H,4-16H2,2H3. The fourth-order valence-electron chi connectivity index (χ4n) is 1.99. The van der Waals surface area contributed by atoms with Crippen molar-refractivity contribution in [1.82, 2.24) is 0 Å². The topological polar surface area (TPSA) is 26.3 Å². The minimum absolute atomic E-state index is 0.0242. The molecular formula is C17H30O2. The molecule has 0 fully saturated rings. The Morgan fingerprint density at radius 1 is 0.947 bits per heavy atom. The summed E-state index contributed by atoms with van der Waals surface area (Å²) >= 11 is 0. The van der Waals surface area contributed by atoms with Gasteiger partial charge in [0.2, 0.25) is 0 Å². The third kappa shape index (κ3) is 15.0. The zero-order valence-corrected chi connectivity index (χ0v) is 12.6. The minimum atomic E-state index is -0.0242. The van der Waals surface area contributed by atoms with E-state index in [1.807, 2.05) is 0 Å². The lowest BCUT2D eigenvalue weighted by atomic mass is 10.1. The molecule has 0 aromatic carbocycles. The van der Waals surface area contributed by atoms with E-state index in [0.29, 0.717) is 13.0 Å². The summed E-state index contributed by atoms with van der Waals surface area (Å²) in [6.07, 6.45) is 18.2. The highest BCUT2D eigenvalue weighted by Gasteiger charge is 2.02. The predicted molar refractivity (Wildman–Crippen MR) is 80.9 cm³/mol. The van der Waals surface area contributed by atoms with E-state index in [-0.39, 0.29) is 5.97 Å². The van der Waals surface area contributed by atoms with Gasteiger partial charge in [-0.25, -0.2) is 0 Å².